The van der Waals surface area contributed by atoms with Gasteiger partial charge in [-0.05, 0) is 118 Å². The van der Waals surface area contributed by atoms with E-state index in [-0.39, 0.29) is 29.2 Å². The zero-order chi connectivity index (χ0) is 31.7. The largest absolute Gasteiger partial charge is 0.353 e. The molecule has 0 unspecified atom stereocenters. The highest BCUT2D eigenvalue weighted by molar-refractivity contribution is 8.29. The van der Waals surface area contributed by atoms with Gasteiger partial charge in [0.05, 0.1) is 9.81 Å². The summed E-state index contributed by atoms with van der Waals surface area (Å²) >= 11 is 13.4. The first-order valence-electron chi connectivity index (χ1n) is 17.6. The molecule has 2 saturated heterocycles. The summed E-state index contributed by atoms with van der Waals surface area (Å²) in [4.78, 5) is 56.4. The molecule has 9 atom stereocenters. The van der Waals surface area contributed by atoms with Crippen LogP contribution in [0.4, 0.5) is 0 Å². The van der Waals surface area contributed by atoms with Crippen LogP contribution in [0.25, 0.3) is 0 Å². The predicted octanol–water partition coefficient (Wildman–Crippen LogP) is 5.50. The molecular formula is C34H44N4O4S4. The average molecular weight is 701 g/mol. The van der Waals surface area contributed by atoms with Crippen molar-refractivity contribution in [3.05, 3.63) is 9.81 Å². The van der Waals surface area contributed by atoms with Crippen molar-refractivity contribution in [2.24, 2.45) is 41.4 Å². The van der Waals surface area contributed by atoms with Crippen molar-refractivity contribution < 1.29 is 19.2 Å². The molecule has 6 bridgehead atoms. The van der Waals surface area contributed by atoms with E-state index in [0.717, 1.165) is 84.7 Å². The number of fused-ring (bicyclic) bond motifs is 4. The summed E-state index contributed by atoms with van der Waals surface area (Å²) in [5, 5.41) is 6.75. The van der Waals surface area contributed by atoms with E-state index in [0.29, 0.717) is 69.2 Å². The lowest BCUT2D eigenvalue weighted by Gasteiger charge is -2.40. The third kappa shape index (κ3) is 5.89. The van der Waals surface area contributed by atoms with Gasteiger partial charge in [-0.3, -0.25) is 29.0 Å². The second-order valence-corrected chi connectivity index (χ2v) is 19.0. The summed E-state index contributed by atoms with van der Waals surface area (Å²) in [6.45, 7) is 0.698. The van der Waals surface area contributed by atoms with Crippen LogP contribution in [-0.4, -0.2) is 66.7 Å². The van der Waals surface area contributed by atoms with Gasteiger partial charge < -0.3 is 10.6 Å². The molecule has 0 aromatic carbocycles. The Labute approximate surface area is 290 Å². The first kappa shape index (κ1) is 31.7. The lowest BCUT2D eigenvalue weighted by molar-refractivity contribution is -0.125. The van der Waals surface area contributed by atoms with E-state index in [1.807, 2.05) is 0 Å². The van der Waals surface area contributed by atoms with Gasteiger partial charge in [-0.15, -0.1) is 0 Å². The third-order valence-electron chi connectivity index (χ3n) is 12.7. The van der Waals surface area contributed by atoms with Crippen molar-refractivity contribution in [2.45, 2.75) is 108 Å². The smallest absolute Gasteiger partial charge is 0.267 e. The number of thiocarbonyl (C=S) groups is 2. The fraction of sp³-hybridized carbons (Fsp3) is 0.765. The van der Waals surface area contributed by atoms with Crippen LogP contribution in [0.5, 0.6) is 0 Å². The molecular weight excluding hydrogens is 657 g/mol. The van der Waals surface area contributed by atoms with E-state index >= 15 is 0 Å². The van der Waals surface area contributed by atoms with E-state index in [1.54, 1.807) is 0 Å². The molecule has 8 aliphatic rings. The maximum absolute atomic E-state index is 13.4. The molecule has 4 amide bonds. The quantitative estimate of drug-likeness (QED) is 0.228. The molecule has 0 aromatic heterocycles. The van der Waals surface area contributed by atoms with E-state index in [4.69, 9.17) is 24.4 Å². The van der Waals surface area contributed by atoms with Crippen LogP contribution in [-0.2, 0) is 19.2 Å². The van der Waals surface area contributed by atoms with Crippen LogP contribution in [0, 0.1) is 41.4 Å². The van der Waals surface area contributed by atoms with Gasteiger partial charge in [0.15, 0.2) is 0 Å². The Morgan fingerprint density at radius 1 is 0.717 bits per heavy atom. The maximum atomic E-state index is 13.4. The average Bonchev–Trinajstić information content (AvgIpc) is 3.59. The summed E-state index contributed by atoms with van der Waals surface area (Å²) in [6.07, 6.45) is 15.5. The van der Waals surface area contributed by atoms with Crippen LogP contribution in [0.2, 0.25) is 0 Å². The van der Waals surface area contributed by atoms with Gasteiger partial charge in [-0.25, -0.2) is 0 Å². The zero-order valence-corrected chi connectivity index (χ0v) is 29.6. The number of hydrogen-bond acceptors (Lipinski definition) is 8. The molecule has 2 heterocycles. The van der Waals surface area contributed by atoms with Crippen LogP contribution < -0.4 is 10.6 Å². The van der Waals surface area contributed by atoms with Crippen molar-refractivity contribution in [1.82, 2.24) is 20.4 Å². The lowest BCUT2D eigenvalue weighted by atomic mass is 9.70. The maximum Gasteiger partial charge on any atom is 0.267 e. The van der Waals surface area contributed by atoms with Crippen molar-refractivity contribution >= 4 is 80.2 Å². The molecule has 6 aliphatic carbocycles. The summed E-state index contributed by atoms with van der Waals surface area (Å²) in [5.41, 5.74) is -0.0130. The molecule has 248 valence electrons. The fourth-order valence-corrected chi connectivity index (χ4v) is 13.9. The summed E-state index contributed by atoms with van der Waals surface area (Å²) in [5.74, 6) is 4.95. The third-order valence-corrected chi connectivity index (χ3v) is 15.7. The summed E-state index contributed by atoms with van der Waals surface area (Å²) < 4.78 is 0.820. The van der Waals surface area contributed by atoms with E-state index in [2.05, 4.69) is 10.6 Å². The molecule has 2 aliphatic heterocycles. The fourth-order valence-electron chi connectivity index (χ4n) is 11.1. The normalized spacial score (nSPS) is 40.5. The molecule has 0 radical (unpaired) electrons. The number of amides is 4. The number of carbonyl (C=O) groups is 4. The minimum Gasteiger partial charge on any atom is -0.353 e. The molecule has 8 nitrogen and oxygen atoms in total. The number of thioether (sulfide) groups is 2. The van der Waals surface area contributed by atoms with Gasteiger partial charge in [0.25, 0.3) is 11.8 Å². The van der Waals surface area contributed by atoms with Crippen LogP contribution in [0.15, 0.2) is 9.81 Å². The number of nitrogens with one attached hydrogen (secondary N) is 2. The van der Waals surface area contributed by atoms with Gasteiger partial charge in [0, 0.05) is 37.5 Å². The van der Waals surface area contributed by atoms with E-state index in [1.165, 1.54) is 54.7 Å². The Balaban J connectivity index is 0.805. The minimum atomic E-state index is -0.285. The van der Waals surface area contributed by atoms with Crippen LogP contribution in [0.1, 0.15) is 96.3 Å². The first-order chi connectivity index (χ1) is 22.1. The topological polar surface area (TPSA) is 98.8 Å². The Morgan fingerprint density at radius 2 is 1.33 bits per heavy atom. The number of carbonyl (C=O) groups excluding carboxylic acids is 4. The molecule has 8 fully saturated rings. The highest BCUT2D eigenvalue weighted by Crippen LogP contribution is 2.57. The summed E-state index contributed by atoms with van der Waals surface area (Å²) in [6, 6.07) is 0.304. The standard InChI is InChI=1S/C34H44N4O4S4/c39-26(35-25-14-20-9-19-11-22(12-20)24(25)13-19)3-1-7-37-30(41)28(45-32(37)43)29-31(42)38(33(44)46-29)8-2-4-27(40)36-34-15-18-5-6-21(16-34)23(10-18)17-34/h18-25H,1-17H2,(H,35,39)(H,36,40)/b29-28+/t18-,19-,20-,21+,22-,23-,24+,25+,34-/m0/s1. The minimum absolute atomic E-state index is 0.0130. The SMILES string of the molecule is O=C(CCCN1C(=O)/C(=C2\SC(=S)N(CCCC(=O)N[C@@]34C[C@H]5CC[C@H](C3)[C@@H](C5)C4)C2=O)SC1=S)N[C@@H]1C[C@H]2C[C@H]3C[C@@H](C2)[C@H]1C3. The molecule has 0 spiro atoms. The molecule has 2 N–H and O–H groups in total. The van der Waals surface area contributed by atoms with Gasteiger partial charge in [0.1, 0.15) is 8.64 Å². The van der Waals surface area contributed by atoms with E-state index < -0.39 is 0 Å². The van der Waals surface area contributed by atoms with E-state index in [9.17, 15) is 19.2 Å². The van der Waals surface area contributed by atoms with Gasteiger partial charge in [-0.1, -0.05) is 54.4 Å². The van der Waals surface area contributed by atoms with Crippen molar-refractivity contribution in [1.29, 1.82) is 0 Å². The van der Waals surface area contributed by atoms with Crippen molar-refractivity contribution in [3.8, 4) is 0 Å². The second-order valence-electron chi connectivity index (χ2n) is 15.7. The Bertz CT molecular complexity index is 1410. The Hall–Kier alpha value is -1.50. The first-order valence-corrected chi connectivity index (χ1v) is 20.0. The Kier molecular flexibility index (Phi) is 8.58. The van der Waals surface area contributed by atoms with Crippen molar-refractivity contribution in [3.63, 3.8) is 0 Å². The monoisotopic (exact) mass is 700 g/mol. The van der Waals surface area contributed by atoms with Crippen LogP contribution in [0.3, 0.4) is 0 Å². The summed E-state index contributed by atoms with van der Waals surface area (Å²) in [7, 11) is 0. The van der Waals surface area contributed by atoms with Gasteiger partial charge in [-0.2, -0.15) is 0 Å². The highest BCUT2D eigenvalue weighted by atomic mass is 32.2. The molecule has 12 heteroatoms. The Morgan fingerprint density at radius 3 is 2.02 bits per heavy atom. The molecule has 8 rings (SSSR count). The molecule has 6 saturated carbocycles. The van der Waals surface area contributed by atoms with Gasteiger partial charge in [0.2, 0.25) is 11.8 Å². The van der Waals surface area contributed by atoms with Gasteiger partial charge >= 0.3 is 0 Å². The highest BCUT2D eigenvalue weighted by Gasteiger charge is 2.53. The van der Waals surface area contributed by atoms with Crippen molar-refractivity contribution in [2.75, 3.05) is 13.1 Å². The molecule has 46 heavy (non-hydrogen) atoms. The number of rotatable bonds is 10. The lowest BCUT2D eigenvalue weighted by Crippen LogP contribution is -2.49. The zero-order valence-electron chi connectivity index (χ0n) is 26.3. The molecule has 0 aromatic rings. The predicted molar refractivity (Wildman–Crippen MR) is 187 cm³/mol. The van der Waals surface area contributed by atoms with Crippen LogP contribution >= 0.6 is 48.0 Å². The second kappa shape index (κ2) is 12.4. The number of hydrogen-bond donors (Lipinski definition) is 2. The number of nitrogens with zero attached hydrogens (tertiary/aromatic N) is 2.